The fraction of sp³-hybridized carbons (Fsp3) is 0.308. The van der Waals surface area contributed by atoms with Gasteiger partial charge in [-0.1, -0.05) is 19.1 Å². The molecule has 0 spiro atoms. The Hall–Kier alpha value is -1.45. The summed E-state index contributed by atoms with van der Waals surface area (Å²) >= 11 is 0. The summed E-state index contributed by atoms with van der Waals surface area (Å²) in [6.45, 7) is 9.34. The van der Waals surface area contributed by atoms with Gasteiger partial charge in [0.2, 0.25) is 0 Å². The molecule has 0 N–H and O–H groups in total. The van der Waals surface area contributed by atoms with Gasteiger partial charge in [0.15, 0.2) is 0 Å². The molecule has 0 aromatic heterocycles. The third-order valence-corrected chi connectivity index (χ3v) is 2.42. The third kappa shape index (κ3) is 3.80. The molecule has 1 nitrogen and oxygen atoms in total. The first-order valence-electron chi connectivity index (χ1n) is 5.21. The van der Waals surface area contributed by atoms with Crippen LogP contribution in [-0.4, -0.2) is 6.36 Å². The highest BCUT2D eigenvalue weighted by Gasteiger charge is 2.31. The highest BCUT2D eigenvalue weighted by molar-refractivity contribution is 5.40. The van der Waals surface area contributed by atoms with Gasteiger partial charge in [0, 0.05) is 5.92 Å². The lowest BCUT2D eigenvalue weighted by molar-refractivity contribution is -0.274. The Balaban J connectivity index is 3.08. The minimum absolute atomic E-state index is 0.222. The van der Waals surface area contributed by atoms with Crippen LogP contribution in [0.3, 0.4) is 0 Å². The van der Waals surface area contributed by atoms with Crippen LogP contribution in [0.15, 0.2) is 30.9 Å². The van der Waals surface area contributed by atoms with E-state index in [1.807, 2.05) is 6.92 Å². The lowest BCUT2D eigenvalue weighted by Gasteiger charge is -2.15. The highest BCUT2D eigenvalue weighted by Crippen LogP contribution is 2.29. The Morgan fingerprint density at radius 2 is 2.06 bits per heavy atom. The number of hydrogen-bond donors (Lipinski definition) is 0. The first kappa shape index (κ1) is 13.6. The van der Waals surface area contributed by atoms with E-state index in [0.717, 1.165) is 12.0 Å². The molecule has 1 unspecified atom stereocenters. The van der Waals surface area contributed by atoms with Crippen LogP contribution >= 0.6 is 0 Å². The summed E-state index contributed by atoms with van der Waals surface area (Å²) in [5, 5.41) is 0. The monoisotopic (exact) mass is 243 g/mol. The molecule has 4 heteroatoms. The van der Waals surface area contributed by atoms with Crippen LogP contribution in [0.4, 0.5) is 13.2 Å². The van der Waals surface area contributed by atoms with Crippen LogP contribution in [0.2, 0.25) is 0 Å². The van der Waals surface area contributed by atoms with E-state index in [0.29, 0.717) is 5.56 Å². The zero-order valence-electron chi connectivity index (χ0n) is 9.55. The van der Waals surface area contributed by atoms with Crippen molar-refractivity contribution >= 4 is 0 Å². The molecule has 1 aromatic rings. The zero-order chi connectivity index (χ0) is 13.1. The molecule has 1 rings (SSSR count). The molecule has 0 heterocycles. The van der Waals surface area contributed by atoms with Gasteiger partial charge in [0.1, 0.15) is 5.75 Å². The van der Waals surface area contributed by atoms with Crippen molar-refractivity contribution in [3.05, 3.63) is 48.9 Å². The first-order valence-corrected chi connectivity index (χ1v) is 5.21. The predicted octanol–water partition coefficient (Wildman–Crippen LogP) is 4.25. The Morgan fingerprint density at radius 1 is 1.41 bits per heavy atom. The van der Waals surface area contributed by atoms with Crippen LogP contribution in [0, 0.1) is 6.92 Å². The number of allylic oxidation sites excluding steroid dienone is 1. The van der Waals surface area contributed by atoms with Gasteiger partial charge in [-0.3, -0.25) is 0 Å². The van der Waals surface area contributed by atoms with E-state index in [1.54, 1.807) is 12.1 Å². The van der Waals surface area contributed by atoms with Crippen molar-refractivity contribution in [1.29, 1.82) is 0 Å². The maximum atomic E-state index is 12.1. The minimum Gasteiger partial charge on any atom is -0.406 e. The number of rotatable bonds is 4. The van der Waals surface area contributed by atoms with Gasteiger partial charge < -0.3 is 4.74 Å². The summed E-state index contributed by atoms with van der Waals surface area (Å²) in [6.07, 6.45) is -2.36. The third-order valence-electron chi connectivity index (χ3n) is 2.42. The minimum atomic E-state index is -4.67. The summed E-state index contributed by atoms with van der Waals surface area (Å²) in [5.74, 6) is -0.470. The molecule has 1 atom stereocenters. The quantitative estimate of drug-likeness (QED) is 0.718. The van der Waals surface area contributed by atoms with E-state index < -0.39 is 6.36 Å². The normalized spacial score (nSPS) is 13.2. The smallest absolute Gasteiger partial charge is 0.406 e. The summed E-state index contributed by atoms with van der Waals surface area (Å²) < 4.78 is 40.1. The average Bonchev–Trinajstić information content (AvgIpc) is 2.25. The van der Waals surface area contributed by atoms with E-state index in [-0.39, 0.29) is 11.7 Å². The van der Waals surface area contributed by atoms with E-state index in [2.05, 4.69) is 18.2 Å². The van der Waals surface area contributed by atoms with Crippen molar-refractivity contribution in [2.45, 2.75) is 25.6 Å². The second-order valence-electron chi connectivity index (χ2n) is 3.60. The Morgan fingerprint density at radius 3 is 2.53 bits per heavy atom. The van der Waals surface area contributed by atoms with Gasteiger partial charge in [-0.25, -0.2) is 0 Å². The largest absolute Gasteiger partial charge is 0.573 e. The molecule has 0 amide bonds. The molecule has 0 fully saturated rings. The predicted molar refractivity (Wildman–Crippen MR) is 60.8 cm³/mol. The Labute approximate surface area is 98.9 Å². The van der Waals surface area contributed by atoms with Gasteiger partial charge in [0.05, 0.1) is 0 Å². The van der Waals surface area contributed by atoms with Crippen molar-refractivity contribution in [3.8, 4) is 5.75 Å². The van der Waals surface area contributed by atoms with Crippen LogP contribution in [0.5, 0.6) is 5.75 Å². The van der Waals surface area contributed by atoms with Gasteiger partial charge in [-0.05, 0) is 36.6 Å². The summed E-state index contributed by atoms with van der Waals surface area (Å²) in [4.78, 5) is 0. The van der Waals surface area contributed by atoms with Crippen molar-refractivity contribution in [3.63, 3.8) is 0 Å². The number of aryl methyl sites for hydroxylation is 1. The van der Waals surface area contributed by atoms with E-state index in [4.69, 9.17) is 0 Å². The number of hydrogen-bond acceptors (Lipinski definition) is 1. The van der Waals surface area contributed by atoms with Gasteiger partial charge in [0.25, 0.3) is 0 Å². The van der Waals surface area contributed by atoms with Gasteiger partial charge in [-0.2, -0.15) is 0 Å². The van der Waals surface area contributed by atoms with E-state index in [9.17, 15) is 13.2 Å². The standard InChI is InChI=1S/C13H14F3O/c1-4-9(3)12-8-11(17-13(14,15)16)7-6-10(12)5-2/h4,6-9H,1,3,5H2,2H3. The fourth-order valence-corrected chi connectivity index (χ4v) is 1.56. The molecule has 1 radical (unpaired) electrons. The molecule has 0 aliphatic heterocycles. The molecular formula is C13H14F3O. The molecule has 0 bridgehead atoms. The molecule has 0 aliphatic carbocycles. The number of alkyl halides is 3. The molecule has 0 saturated carbocycles. The molecule has 0 saturated heterocycles. The second-order valence-corrected chi connectivity index (χ2v) is 3.60. The number of ether oxygens (including phenoxy) is 1. The number of benzene rings is 1. The fourth-order valence-electron chi connectivity index (χ4n) is 1.56. The summed E-state index contributed by atoms with van der Waals surface area (Å²) in [5.41, 5.74) is 1.66. The SMILES string of the molecule is [CH2]C(C=C)c1cc(OC(F)(F)F)ccc1CC. The van der Waals surface area contributed by atoms with Crippen LogP contribution < -0.4 is 4.74 Å². The van der Waals surface area contributed by atoms with Gasteiger partial charge >= 0.3 is 6.36 Å². The van der Waals surface area contributed by atoms with E-state index in [1.165, 1.54) is 12.1 Å². The lowest BCUT2D eigenvalue weighted by Crippen LogP contribution is -2.17. The Kier molecular flexibility index (Phi) is 4.21. The van der Waals surface area contributed by atoms with Crippen molar-refractivity contribution in [2.75, 3.05) is 0 Å². The summed E-state index contributed by atoms with van der Waals surface area (Å²) in [7, 11) is 0. The van der Waals surface area contributed by atoms with Crippen molar-refractivity contribution in [1.82, 2.24) is 0 Å². The van der Waals surface area contributed by atoms with Gasteiger partial charge in [-0.15, -0.1) is 19.8 Å². The Bertz CT molecular complexity index is 396. The molecule has 0 aliphatic rings. The van der Waals surface area contributed by atoms with E-state index >= 15 is 0 Å². The maximum Gasteiger partial charge on any atom is 0.573 e. The van der Waals surface area contributed by atoms with Crippen LogP contribution in [-0.2, 0) is 6.42 Å². The molecule has 17 heavy (non-hydrogen) atoms. The zero-order valence-corrected chi connectivity index (χ0v) is 9.55. The molecule has 93 valence electrons. The summed E-state index contributed by atoms with van der Waals surface area (Å²) in [6, 6.07) is 4.30. The molecular weight excluding hydrogens is 229 g/mol. The lowest BCUT2D eigenvalue weighted by atomic mass is 9.94. The first-order chi connectivity index (χ1) is 7.87. The highest BCUT2D eigenvalue weighted by atomic mass is 19.4. The van der Waals surface area contributed by atoms with Crippen LogP contribution in [0.25, 0.3) is 0 Å². The van der Waals surface area contributed by atoms with Crippen LogP contribution in [0.1, 0.15) is 24.0 Å². The number of halogens is 3. The average molecular weight is 243 g/mol. The molecule has 1 aromatic carbocycles. The van der Waals surface area contributed by atoms with Crippen molar-refractivity contribution < 1.29 is 17.9 Å². The van der Waals surface area contributed by atoms with Crippen molar-refractivity contribution in [2.24, 2.45) is 0 Å². The second kappa shape index (κ2) is 5.25. The maximum absolute atomic E-state index is 12.1. The topological polar surface area (TPSA) is 9.23 Å².